The fourth-order valence-electron chi connectivity index (χ4n) is 1.70. The number of benzene rings is 2. The van der Waals surface area contributed by atoms with Crippen LogP contribution >= 0.6 is 23.2 Å². The number of carboxylic acids is 1. The maximum Gasteiger partial charge on any atom is 0.490 e. The molecular weight excluding hydrogens is 422 g/mol. The van der Waals surface area contributed by atoms with Crippen LogP contribution in [-0.4, -0.2) is 23.2 Å². The third-order valence-electron chi connectivity index (χ3n) is 3.04. The van der Waals surface area contributed by atoms with Crippen LogP contribution < -0.4 is 15.8 Å². The summed E-state index contributed by atoms with van der Waals surface area (Å²) >= 11 is 11.8. The summed E-state index contributed by atoms with van der Waals surface area (Å²) in [6.45, 7) is 0.935. The van der Waals surface area contributed by atoms with E-state index in [1.807, 2.05) is 30.3 Å². The number of nitrogens with one attached hydrogen (secondary N) is 2. The molecule has 2 aromatic carbocycles. The molecular formula is C17H16Cl2F3N3O3. The number of carbonyl (C=O) groups is 1. The number of hydrogen-bond donors (Lipinski definition) is 4. The Morgan fingerprint density at radius 2 is 1.64 bits per heavy atom. The molecule has 2 aromatic rings. The lowest BCUT2D eigenvalue weighted by molar-refractivity contribution is -0.192. The number of aliphatic carboxylic acids is 1. The van der Waals surface area contributed by atoms with Crippen molar-refractivity contribution in [2.24, 2.45) is 5.73 Å². The monoisotopic (exact) mass is 437 g/mol. The first-order valence-corrected chi connectivity index (χ1v) is 8.28. The molecule has 0 radical (unpaired) electrons. The molecule has 0 unspecified atom stereocenters. The van der Waals surface area contributed by atoms with Crippen molar-refractivity contribution in [2.75, 3.05) is 0 Å². The summed E-state index contributed by atoms with van der Waals surface area (Å²) in [4.78, 5) is 8.90. The van der Waals surface area contributed by atoms with Gasteiger partial charge in [0.15, 0.2) is 5.96 Å². The first-order valence-electron chi connectivity index (χ1n) is 7.52. The summed E-state index contributed by atoms with van der Waals surface area (Å²) < 4.78 is 37.4. The minimum atomic E-state index is -5.08. The van der Waals surface area contributed by atoms with E-state index in [2.05, 4.69) is 5.32 Å². The molecule has 0 aliphatic rings. The Morgan fingerprint density at radius 3 is 2.11 bits per heavy atom. The molecule has 6 nitrogen and oxygen atoms in total. The summed E-state index contributed by atoms with van der Waals surface area (Å²) in [7, 11) is 0. The molecule has 0 heterocycles. The Labute approximate surface area is 168 Å². The topological polar surface area (TPSA) is 108 Å². The fourth-order valence-corrected chi connectivity index (χ4v) is 2.02. The Balaban J connectivity index is 0.000000480. The highest BCUT2D eigenvalue weighted by Gasteiger charge is 2.38. The highest BCUT2D eigenvalue weighted by molar-refractivity contribution is 6.42. The number of rotatable bonds is 5. The molecule has 0 aliphatic carbocycles. The quantitative estimate of drug-likeness (QED) is 0.414. The second-order valence-corrected chi connectivity index (χ2v) is 6.07. The number of nitrogens with two attached hydrogens (primary N) is 1. The van der Waals surface area contributed by atoms with Gasteiger partial charge in [0.1, 0.15) is 12.4 Å². The first kappa shape index (κ1) is 23.4. The zero-order valence-corrected chi connectivity index (χ0v) is 15.7. The van der Waals surface area contributed by atoms with Gasteiger partial charge in [0.2, 0.25) is 0 Å². The Hall–Kier alpha value is -2.65. The average Bonchev–Trinajstić information content (AvgIpc) is 2.61. The van der Waals surface area contributed by atoms with Crippen molar-refractivity contribution in [1.82, 2.24) is 5.32 Å². The van der Waals surface area contributed by atoms with Gasteiger partial charge in [0.25, 0.3) is 0 Å². The van der Waals surface area contributed by atoms with E-state index in [9.17, 15) is 13.2 Å². The van der Waals surface area contributed by atoms with Crippen molar-refractivity contribution in [2.45, 2.75) is 19.3 Å². The molecule has 28 heavy (non-hydrogen) atoms. The molecule has 152 valence electrons. The predicted molar refractivity (Wildman–Crippen MR) is 99.7 cm³/mol. The van der Waals surface area contributed by atoms with E-state index in [1.54, 1.807) is 12.1 Å². The molecule has 5 N–H and O–H groups in total. The van der Waals surface area contributed by atoms with Crippen molar-refractivity contribution in [3.63, 3.8) is 0 Å². The predicted octanol–water partition coefficient (Wildman–Crippen LogP) is 4.19. The van der Waals surface area contributed by atoms with Crippen LogP contribution in [0.3, 0.4) is 0 Å². The Kier molecular flexibility index (Phi) is 8.87. The smallest absolute Gasteiger partial charge is 0.489 e. The van der Waals surface area contributed by atoms with E-state index >= 15 is 0 Å². The van der Waals surface area contributed by atoms with Crippen LogP contribution in [0.1, 0.15) is 11.1 Å². The largest absolute Gasteiger partial charge is 0.490 e. The third kappa shape index (κ3) is 8.83. The van der Waals surface area contributed by atoms with Gasteiger partial charge in [-0.05, 0) is 35.4 Å². The number of ether oxygens (including phenoxy) is 1. The first-order chi connectivity index (χ1) is 13.0. The lowest BCUT2D eigenvalue weighted by Crippen LogP contribution is -2.29. The van der Waals surface area contributed by atoms with Crippen molar-refractivity contribution in [3.05, 3.63) is 63.6 Å². The summed E-state index contributed by atoms with van der Waals surface area (Å²) in [6, 6.07) is 13.0. The zero-order valence-electron chi connectivity index (χ0n) is 14.2. The Bertz CT molecular complexity index is 816. The van der Waals surface area contributed by atoms with Crippen LogP contribution in [0.4, 0.5) is 13.2 Å². The van der Waals surface area contributed by atoms with Gasteiger partial charge in [0, 0.05) is 6.54 Å². The van der Waals surface area contributed by atoms with Gasteiger partial charge in [0.05, 0.1) is 10.0 Å². The number of halogens is 5. The van der Waals surface area contributed by atoms with Gasteiger partial charge in [-0.15, -0.1) is 0 Å². The maximum atomic E-state index is 10.6. The molecule has 0 saturated carbocycles. The average molecular weight is 438 g/mol. The minimum Gasteiger partial charge on any atom is -0.489 e. The highest BCUT2D eigenvalue weighted by atomic mass is 35.5. The lowest BCUT2D eigenvalue weighted by Gasteiger charge is -2.08. The van der Waals surface area contributed by atoms with Gasteiger partial charge in [-0.3, -0.25) is 5.41 Å². The number of alkyl halides is 3. The SMILES string of the molecule is N=C(N)NCc1ccc(OCc2ccc(Cl)c(Cl)c2)cc1.O=C(O)C(F)(F)F. The van der Waals surface area contributed by atoms with Gasteiger partial charge in [-0.25, -0.2) is 4.79 Å². The molecule has 0 aromatic heterocycles. The van der Waals surface area contributed by atoms with Crippen LogP contribution in [0.25, 0.3) is 0 Å². The standard InChI is InChI=1S/C15H15Cl2N3O.C2HF3O2/c16-13-6-3-11(7-14(13)17)9-21-12-4-1-10(2-5-12)8-20-15(18)19;3-2(4,5)1(6)7/h1-7H,8-9H2,(H4,18,19,20);(H,6,7). The van der Waals surface area contributed by atoms with E-state index in [-0.39, 0.29) is 5.96 Å². The minimum absolute atomic E-state index is 0.0463. The third-order valence-corrected chi connectivity index (χ3v) is 3.78. The van der Waals surface area contributed by atoms with Gasteiger partial charge < -0.3 is 20.9 Å². The molecule has 11 heteroatoms. The van der Waals surface area contributed by atoms with Crippen molar-refractivity contribution >= 4 is 35.1 Å². The molecule has 0 aliphatic heterocycles. The molecule has 0 bridgehead atoms. The van der Waals surface area contributed by atoms with Crippen LogP contribution in [0.2, 0.25) is 10.0 Å². The molecule has 0 spiro atoms. The van der Waals surface area contributed by atoms with Crippen LogP contribution in [0.5, 0.6) is 5.75 Å². The second-order valence-electron chi connectivity index (χ2n) is 5.25. The normalized spacial score (nSPS) is 10.5. The van der Waals surface area contributed by atoms with Crippen LogP contribution in [-0.2, 0) is 17.9 Å². The maximum absolute atomic E-state index is 10.6. The van der Waals surface area contributed by atoms with E-state index in [0.717, 1.165) is 16.9 Å². The molecule has 0 atom stereocenters. The van der Waals surface area contributed by atoms with Crippen molar-refractivity contribution in [1.29, 1.82) is 5.41 Å². The van der Waals surface area contributed by atoms with Crippen LogP contribution in [0, 0.1) is 5.41 Å². The van der Waals surface area contributed by atoms with Crippen molar-refractivity contribution in [3.8, 4) is 5.75 Å². The summed E-state index contributed by atoms with van der Waals surface area (Å²) in [5.41, 5.74) is 7.20. The lowest BCUT2D eigenvalue weighted by atomic mass is 10.2. The molecule has 2 rings (SSSR count). The van der Waals surface area contributed by atoms with Crippen molar-refractivity contribution < 1.29 is 27.8 Å². The summed E-state index contributed by atoms with van der Waals surface area (Å²) in [5.74, 6) is -2.05. The molecule has 0 saturated heterocycles. The van der Waals surface area contributed by atoms with E-state index in [1.165, 1.54) is 0 Å². The molecule has 0 fully saturated rings. The number of hydrogen-bond acceptors (Lipinski definition) is 3. The molecule has 0 amide bonds. The van der Waals surface area contributed by atoms with E-state index in [0.29, 0.717) is 23.2 Å². The zero-order chi connectivity index (χ0) is 21.3. The fraction of sp³-hybridized carbons (Fsp3) is 0.176. The van der Waals surface area contributed by atoms with Gasteiger partial charge >= 0.3 is 12.1 Å². The van der Waals surface area contributed by atoms with Gasteiger partial charge in [-0.1, -0.05) is 41.4 Å². The second kappa shape index (κ2) is 10.6. The van der Waals surface area contributed by atoms with Gasteiger partial charge in [-0.2, -0.15) is 13.2 Å². The number of guanidine groups is 1. The summed E-state index contributed by atoms with van der Waals surface area (Å²) in [5, 5.41) is 18.0. The van der Waals surface area contributed by atoms with E-state index < -0.39 is 12.1 Å². The highest BCUT2D eigenvalue weighted by Crippen LogP contribution is 2.23. The number of carboxylic acid groups (broad SMARTS) is 1. The van der Waals surface area contributed by atoms with E-state index in [4.69, 9.17) is 49.0 Å². The Morgan fingerprint density at radius 1 is 1.11 bits per heavy atom. The summed E-state index contributed by atoms with van der Waals surface area (Å²) in [6.07, 6.45) is -5.08. The van der Waals surface area contributed by atoms with Crippen LogP contribution in [0.15, 0.2) is 42.5 Å².